The summed E-state index contributed by atoms with van der Waals surface area (Å²) in [5, 5.41) is 7.25. The molecule has 2 aliphatic rings. The van der Waals surface area contributed by atoms with E-state index in [1.54, 1.807) is 7.05 Å². The van der Waals surface area contributed by atoms with Crippen molar-refractivity contribution >= 4 is 41.5 Å². The summed E-state index contributed by atoms with van der Waals surface area (Å²) in [6.07, 6.45) is 5.32. The number of guanidine groups is 1. The predicted molar refractivity (Wildman–Crippen MR) is 95.0 cm³/mol. The van der Waals surface area contributed by atoms with Crippen molar-refractivity contribution in [2.24, 2.45) is 10.4 Å². The molecule has 2 saturated carbocycles. The summed E-state index contributed by atoms with van der Waals surface area (Å²) in [5.74, 6) is 0.799. The molecule has 2 N–H and O–H groups in total. The topological polar surface area (TPSA) is 45.7 Å². The van der Waals surface area contributed by atoms with E-state index in [1.807, 2.05) is 0 Å². The summed E-state index contributed by atoms with van der Waals surface area (Å²) in [4.78, 5) is 4.23. The quantitative estimate of drug-likeness (QED) is 0.414. The second-order valence-electron chi connectivity index (χ2n) is 5.41. The molecule has 2 unspecified atom stereocenters. The van der Waals surface area contributed by atoms with E-state index in [4.69, 9.17) is 16.3 Å². The van der Waals surface area contributed by atoms with Crippen LogP contribution in [0.2, 0.25) is 0 Å². The highest BCUT2D eigenvalue weighted by Crippen LogP contribution is 2.57. The van der Waals surface area contributed by atoms with Crippen LogP contribution in [0.15, 0.2) is 16.6 Å². The molecule has 2 aliphatic carbocycles. The molecule has 2 rings (SSSR count). The van der Waals surface area contributed by atoms with Gasteiger partial charge in [-0.1, -0.05) is 24.6 Å². The van der Waals surface area contributed by atoms with Gasteiger partial charge in [0.15, 0.2) is 5.96 Å². The SMILES string of the molecule is C=C(Cl)CNC(=NC)NC1CC(OCC)C12CCC2.I. The standard InChI is InChI=1S/C14H24ClN3O.HI/c1-4-19-12-8-11(14(12)6-5-7-14)18-13(16-3)17-9-10(2)15;/h11-12H,2,4-9H2,1,3H3,(H2,16,17,18);1H. The average Bonchev–Trinajstić information content (AvgIpc) is 2.29. The Bertz CT molecular complexity index is 371. The van der Waals surface area contributed by atoms with Gasteiger partial charge in [0.1, 0.15) is 0 Å². The molecule has 0 aliphatic heterocycles. The Labute approximate surface area is 143 Å². The van der Waals surface area contributed by atoms with Crippen LogP contribution < -0.4 is 10.6 Å². The molecule has 0 bridgehead atoms. The number of hydrogen-bond acceptors (Lipinski definition) is 2. The van der Waals surface area contributed by atoms with Crippen molar-refractivity contribution in [3.63, 3.8) is 0 Å². The maximum atomic E-state index is 5.84. The molecule has 0 radical (unpaired) electrons. The van der Waals surface area contributed by atoms with E-state index in [9.17, 15) is 0 Å². The van der Waals surface area contributed by atoms with Crippen LogP contribution in [0.4, 0.5) is 0 Å². The van der Waals surface area contributed by atoms with Crippen LogP contribution in [0.1, 0.15) is 32.6 Å². The zero-order chi connectivity index (χ0) is 13.9. The van der Waals surface area contributed by atoms with E-state index in [0.29, 0.717) is 29.1 Å². The van der Waals surface area contributed by atoms with Crippen molar-refractivity contribution in [3.05, 3.63) is 11.6 Å². The minimum atomic E-state index is 0. The molecule has 20 heavy (non-hydrogen) atoms. The number of nitrogens with one attached hydrogen (secondary N) is 2. The van der Waals surface area contributed by atoms with Crippen LogP contribution in [-0.4, -0.2) is 38.3 Å². The van der Waals surface area contributed by atoms with Crippen molar-refractivity contribution in [1.82, 2.24) is 10.6 Å². The molecule has 6 heteroatoms. The Morgan fingerprint density at radius 1 is 1.50 bits per heavy atom. The second kappa shape index (κ2) is 7.84. The molecule has 0 saturated heterocycles. The van der Waals surface area contributed by atoms with Gasteiger partial charge in [-0.3, -0.25) is 4.99 Å². The molecular formula is C14H25ClIN3O. The fourth-order valence-electron chi connectivity index (χ4n) is 3.18. The summed E-state index contributed by atoms with van der Waals surface area (Å²) >= 11 is 5.76. The number of nitrogens with zero attached hydrogens (tertiary/aromatic N) is 1. The monoisotopic (exact) mass is 413 g/mol. The maximum Gasteiger partial charge on any atom is 0.191 e. The third kappa shape index (κ3) is 3.60. The minimum absolute atomic E-state index is 0. The highest BCUT2D eigenvalue weighted by molar-refractivity contribution is 14.0. The zero-order valence-electron chi connectivity index (χ0n) is 12.2. The predicted octanol–water partition coefficient (Wildman–Crippen LogP) is 2.87. The lowest BCUT2D eigenvalue weighted by molar-refractivity contribution is -0.168. The lowest BCUT2D eigenvalue weighted by atomic mass is 9.51. The third-order valence-electron chi connectivity index (χ3n) is 4.42. The van der Waals surface area contributed by atoms with E-state index in [1.165, 1.54) is 19.3 Å². The molecule has 0 aromatic carbocycles. The van der Waals surface area contributed by atoms with E-state index < -0.39 is 0 Å². The molecule has 1 spiro atoms. The van der Waals surface area contributed by atoms with Crippen LogP contribution in [0.25, 0.3) is 0 Å². The molecule has 0 heterocycles. The summed E-state index contributed by atoms with van der Waals surface area (Å²) < 4.78 is 5.84. The average molecular weight is 414 g/mol. The lowest BCUT2D eigenvalue weighted by Crippen LogP contribution is -2.68. The largest absolute Gasteiger partial charge is 0.378 e. The van der Waals surface area contributed by atoms with Gasteiger partial charge in [0.05, 0.1) is 12.6 Å². The lowest BCUT2D eigenvalue weighted by Gasteiger charge is -2.61. The number of aliphatic imine (C=N–C) groups is 1. The summed E-state index contributed by atoms with van der Waals surface area (Å²) in [6.45, 7) is 7.08. The number of rotatable bonds is 5. The second-order valence-corrected chi connectivity index (χ2v) is 5.94. The smallest absolute Gasteiger partial charge is 0.191 e. The van der Waals surface area contributed by atoms with Crippen molar-refractivity contribution in [1.29, 1.82) is 0 Å². The first-order chi connectivity index (χ1) is 9.12. The van der Waals surface area contributed by atoms with Crippen LogP contribution in [-0.2, 0) is 4.74 Å². The Hall–Kier alpha value is -0.0100. The van der Waals surface area contributed by atoms with Gasteiger partial charge >= 0.3 is 0 Å². The first-order valence-corrected chi connectivity index (χ1v) is 7.42. The van der Waals surface area contributed by atoms with Crippen LogP contribution >= 0.6 is 35.6 Å². The van der Waals surface area contributed by atoms with Gasteiger partial charge in [-0.25, -0.2) is 0 Å². The molecule has 2 fully saturated rings. The summed E-state index contributed by atoms with van der Waals surface area (Å²) in [5.41, 5.74) is 0.339. The van der Waals surface area contributed by atoms with E-state index >= 15 is 0 Å². The zero-order valence-corrected chi connectivity index (χ0v) is 15.3. The Morgan fingerprint density at radius 2 is 2.20 bits per heavy atom. The highest BCUT2D eigenvalue weighted by Gasteiger charge is 2.59. The normalized spacial score (nSPS) is 27.1. The maximum absolute atomic E-state index is 5.84. The van der Waals surface area contributed by atoms with Gasteiger partial charge in [0.25, 0.3) is 0 Å². The number of hydrogen-bond donors (Lipinski definition) is 2. The van der Waals surface area contributed by atoms with Crippen LogP contribution in [0, 0.1) is 5.41 Å². The summed E-state index contributed by atoms with van der Waals surface area (Å²) in [7, 11) is 1.78. The van der Waals surface area contributed by atoms with Gasteiger partial charge in [0.2, 0.25) is 0 Å². The molecule has 116 valence electrons. The fourth-order valence-corrected chi connectivity index (χ4v) is 3.25. The Morgan fingerprint density at radius 3 is 2.65 bits per heavy atom. The van der Waals surface area contributed by atoms with Crippen molar-refractivity contribution in [2.45, 2.75) is 44.8 Å². The van der Waals surface area contributed by atoms with E-state index in [2.05, 4.69) is 29.1 Å². The number of ether oxygens (including phenoxy) is 1. The Balaban J connectivity index is 0.00000200. The van der Waals surface area contributed by atoms with E-state index in [0.717, 1.165) is 19.0 Å². The van der Waals surface area contributed by atoms with Crippen LogP contribution in [0.5, 0.6) is 0 Å². The molecule has 2 atom stereocenters. The van der Waals surface area contributed by atoms with Crippen molar-refractivity contribution < 1.29 is 4.74 Å². The van der Waals surface area contributed by atoms with Gasteiger partial charge in [-0.05, 0) is 26.2 Å². The number of halogens is 2. The van der Waals surface area contributed by atoms with E-state index in [-0.39, 0.29) is 24.0 Å². The fraction of sp³-hybridized carbons (Fsp3) is 0.786. The molecule has 0 aromatic heterocycles. The Kier molecular flexibility index (Phi) is 7.08. The van der Waals surface area contributed by atoms with Gasteiger partial charge < -0.3 is 15.4 Å². The van der Waals surface area contributed by atoms with Crippen molar-refractivity contribution in [2.75, 3.05) is 20.2 Å². The molecule has 0 amide bonds. The molecule has 4 nitrogen and oxygen atoms in total. The van der Waals surface area contributed by atoms with Gasteiger partial charge in [-0.15, -0.1) is 24.0 Å². The van der Waals surface area contributed by atoms with Gasteiger partial charge in [-0.2, -0.15) is 0 Å². The summed E-state index contributed by atoms with van der Waals surface area (Å²) in [6, 6.07) is 0.465. The van der Waals surface area contributed by atoms with Crippen molar-refractivity contribution in [3.8, 4) is 0 Å². The minimum Gasteiger partial charge on any atom is -0.378 e. The molecule has 0 aromatic rings. The van der Waals surface area contributed by atoms with Crippen LogP contribution in [0.3, 0.4) is 0 Å². The first kappa shape index (κ1) is 18.0. The third-order valence-corrected chi connectivity index (χ3v) is 4.55. The highest BCUT2D eigenvalue weighted by atomic mass is 127. The first-order valence-electron chi connectivity index (χ1n) is 7.04. The van der Waals surface area contributed by atoms with Gasteiger partial charge in [0, 0.05) is 30.1 Å². The molecular weight excluding hydrogens is 389 g/mol.